The molecule has 7 heteroatoms. The zero-order valence-electron chi connectivity index (χ0n) is 31.3. The fourth-order valence-electron chi connectivity index (χ4n) is 13.5. The number of nitrogens with zero attached hydrogens (tertiary/aromatic N) is 1. The largest absolute Gasteiger partial charge is 0.388 e. The second-order valence-corrected chi connectivity index (χ2v) is 19.3. The molecule has 0 bridgehead atoms. The summed E-state index contributed by atoms with van der Waals surface area (Å²) in [6.45, 7) is 15.3. The SMILES string of the molecule is CCCC1C(OC[C@H](O)C(C)(C)O)CC2C3CCC4C(C)(C)[C@@H](OC5CN(C(=O)CC6CCCCC6)CCO5)CCC45C[C@@]35CCC12C. The van der Waals surface area contributed by atoms with Crippen LogP contribution < -0.4 is 0 Å². The van der Waals surface area contributed by atoms with Gasteiger partial charge < -0.3 is 29.3 Å². The van der Waals surface area contributed by atoms with Crippen LogP contribution in [0.4, 0.5) is 0 Å². The highest BCUT2D eigenvalue weighted by molar-refractivity contribution is 5.76. The molecular weight excluding hydrogens is 602 g/mol. The second-order valence-electron chi connectivity index (χ2n) is 19.3. The zero-order valence-corrected chi connectivity index (χ0v) is 31.3. The Kier molecular flexibility index (Phi) is 9.69. The first-order valence-corrected chi connectivity index (χ1v) is 20.3. The lowest BCUT2D eigenvalue weighted by molar-refractivity contribution is -0.244. The van der Waals surface area contributed by atoms with Crippen molar-refractivity contribution in [3.05, 3.63) is 0 Å². The number of aliphatic hydroxyl groups excluding tert-OH is 1. The van der Waals surface area contributed by atoms with Crippen molar-refractivity contribution in [2.75, 3.05) is 26.3 Å². The van der Waals surface area contributed by atoms with Crippen LogP contribution in [0.25, 0.3) is 0 Å². The van der Waals surface area contributed by atoms with E-state index in [0.717, 1.165) is 25.2 Å². The minimum atomic E-state index is -1.15. The van der Waals surface area contributed by atoms with Gasteiger partial charge in [-0.3, -0.25) is 4.79 Å². The molecule has 7 aliphatic rings. The number of hydrogen-bond donors (Lipinski definition) is 2. The summed E-state index contributed by atoms with van der Waals surface area (Å²) in [5.74, 6) is 3.50. The number of aliphatic hydroxyl groups is 2. The summed E-state index contributed by atoms with van der Waals surface area (Å²) in [6.07, 6.45) is 18.6. The monoisotopic (exact) mass is 672 g/mol. The minimum absolute atomic E-state index is 0.0739. The quantitative estimate of drug-likeness (QED) is 0.250. The number of carbonyl (C=O) groups is 1. The van der Waals surface area contributed by atoms with Crippen LogP contribution in [0.2, 0.25) is 0 Å². The molecule has 7 nitrogen and oxygen atoms in total. The van der Waals surface area contributed by atoms with E-state index >= 15 is 0 Å². The number of fused-ring (bicyclic) bond motifs is 2. The van der Waals surface area contributed by atoms with Crippen molar-refractivity contribution in [3.63, 3.8) is 0 Å². The Morgan fingerprint density at radius 2 is 1.77 bits per heavy atom. The maximum Gasteiger partial charge on any atom is 0.223 e. The van der Waals surface area contributed by atoms with Gasteiger partial charge in [-0.05, 0) is 136 Å². The fourth-order valence-corrected chi connectivity index (χ4v) is 13.5. The molecule has 1 aliphatic heterocycles. The van der Waals surface area contributed by atoms with Gasteiger partial charge in [0.15, 0.2) is 6.29 Å². The smallest absolute Gasteiger partial charge is 0.223 e. The Bertz CT molecular complexity index is 1160. The fraction of sp³-hybridized carbons (Fsp3) is 0.976. The van der Waals surface area contributed by atoms with Gasteiger partial charge in [-0.15, -0.1) is 0 Å². The third kappa shape index (κ3) is 5.93. The third-order valence-corrected chi connectivity index (χ3v) is 16.2. The molecule has 7 rings (SSSR count). The van der Waals surface area contributed by atoms with Crippen LogP contribution in [0.1, 0.15) is 144 Å². The molecule has 8 unspecified atom stereocenters. The summed E-state index contributed by atoms with van der Waals surface area (Å²) in [5.41, 5.74) is 0.116. The highest BCUT2D eigenvalue weighted by Gasteiger charge is 2.80. The first-order chi connectivity index (χ1) is 22.7. The van der Waals surface area contributed by atoms with Crippen LogP contribution in [0.3, 0.4) is 0 Å². The van der Waals surface area contributed by atoms with Crippen LogP contribution in [0.5, 0.6) is 0 Å². The van der Waals surface area contributed by atoms with Gasteiger partial charge in [0.05, 0.1) is 37.6 Å². The Morgan fingerprint density at radius 1 is 1.00 bits per heavy atom. The Labute approximate surface area is 291 Å². The molecule has 1 heterocycles. The van der Waals surface area contributed by atoms with E-state index in [9.17, 15) is 15.0 Å². The van der Waals surface area contributed by atoms with Gasteiger partial charge in [-0.1, -0.05) is 53.4 Å². The maximum absolute atomic E-state index is 13.3. The van der Waals surface area contributed by atoms with Crippen LogP contribution in [-0.2, 0) is 19.0 Å². The molecule has 6 aliphatic carbocycles. The Balaban J connectivity index is 1.01. The summed E-state index contributed by atoms with van der Waals surface area (Å²) in [6, 6.07) is 0. The number of hydrogen-bond acceptors (Lipinski definition) is 6. The molecule has 0 aromatic heterocycles. The molecule has 48 heavy (non-hydrogen) atoms. The molecule has 274 valence electrons. The molecule has 1 amide bonds. The van der Waals surface area contributed by atoms with E-state index < -0.39 is 11.7 Å². The van der Waals surface area contributed by atoms with Crippen molar-refractivity contribution in [2.45, 2.75) is 174 Å². The van der Waals surface area contributed by atoms with Gasteiger partial charge >= 0.3 is 0 Å². The van der Waals surface area contributed by atoms with Crippen LogP contribution in [0, 0.1) is 51.2 Å². The van der Waals surface area contributed by atoms with E-state index in [1.54, 1.807) is 13.8 Å². The van der Waals surface area contributed by atoms with E-state index in [2.05, 4.69) is 27.7 Å². The number of ether oxygens (including phenoxy) is 3. The molecule has 2 spiro atoms. The normalized spacial score (nSPS) is 44.7. The molecule has 0 aromatic carbocycles. The highest BCUT2D eigenvalue weighted by atomic mass is 16.7. The van der Waals surface area contributed by atoms with Crippen LogP contribution >= 0.6 is 0 Å². The highest BCUT2D eigenvalue weighted by Crippen LogP contribution is 2.87. The van der Waals surface area contributed by atoms with Gasteiger partial charge in [0.2, 0.25) is 5.91 Å². The molecule has 7 fully saturated rings. The summed E-state index contributed by atoms with van der Waals surface area (Å²) in [5, 5.41) is 21.0. The standard InChI is InChI=1S/C41H69NO6/c1-7-11-29-31(47-25-33(43)38(4,5)45)23-30-28-14-15-32-37(2,3)34(16-17-41(32)26-40(28,41)19-18-39(29,30)6)48-36-24-42(20-21-46-36)35(44)22-27-12-9-8-10-13-27/h27-34,36,43,45H,7-26H2,1-6H3/t28?,29?,30?,31?,32?,33-,34-,36?,39?,40-,41?/m0/s1. The topological polar surface area (TPSA) is 88.5 Å². The van der Waals surface area contributed by atoms with E-state index in [-0.39, 0.29) is 30.5 Å². The van der Waals surface area contributed by atoms with Crippen molar-refractivity contribution >= 4 is 5.91 Å². The number of rotatable bonds is 10. The van der Waals surface area contributed by atoms with Gasteiger partial charge in [-0.25, -0.2) is 0 Å². The van der Waals surface area contributed by atoms with Gasteiger partial charge in [0.1, 0.15) is 6.10 Å². The Morgan fingerprint density at radius 3 is 2.50 bits per heavy atom. The number of amides is 1. The van der Waals surface area contributed by atoms with Gasteiger partial charge in [0, 0.05) is 13.0 Å². The zero-order chi connectivity index (χ0) is 34.1. The number of carbonyl (C=O) groups excluding carboxylic acids is 1. The first-order valence-electron chi connectivity index (χ1n) is 20.3. The summed E-state index contributed by atoms with van der Waals surface area (Å²) >= 11 is 0. The summed E-state index contributed by atoms with van der Waals surface area (Å²) in [4.78, 5) is 15.3. The van der Waals surface area contributed by atoms with Crippen LogP contribution in [-0.4, -0.2) is 77.5 Å². The molecule has 6 saturated carbocycles. The van der Waals surface area contributed by atoms with Crippen molar-refractivity contribution in [1.82, 2.24) is 4.90 Å². The molecule has 2 N–H and O–H groups in total. The predicted octanol–water partition coefficient (Wildman–Crippen LogP) is 7.50. The number of morpholine rings is 1. The maximum atomic E-state index is 13.3. The molecule has 0 radical (unpaired) electrons. The van der Waals surface area contributed by atoms with Gasteiger partial charge in [0.25, 0.3) is 0 Å². The van der Waals surface area contributed by atoms with E-state index in [1.165, 1.54) is 77.0 Å². The molecule has 11 atom stereocenters. The summed E-state index contributed by atoms with van der Waals surface area (Å²) < 4.78 is 19.7. The molecule has 1 saturated heterocycles. The average Bonchev–Trinajstić information content (AvgIpc) is 3.64. The van der Waals surface area contributed by atoms with Crippen LogP contribution in [0.15, 0.2) is 0 Å². The third-order valence-electron chi connectivity index (χ3n) is 16.2. The summed E-state index contributed by atoms with van der Waals surface area (Å²) in [7, 11) is 0. The van der Waals surface area contributed by atoms with Crippen molar-refractivity contribution in [3.8, 4) is 0 Å². The lowest BCUT2D eigenvalue weighted by Gasteiger charge is -2.60. The lowest BCUT2D eigenvalue weighted by atomic mass is 9.46. The van der Waals surface area contributed by atoms with E-state index in [1.807, 2.05) is 4.90 Å². The average molecular weight is 672 g/mol. The van der Waals surface area contributed by atoms with Gasteiger partial charge in [-0.2, -0.15) is 0 Å². The molecular formula is C41H69NO6. The predicted molar refractivity (Wildman–Crippen MR) is 187 cm³/mol. The van der Waals surface area contributed by atoms with Crippen molar-refractivity contribution in [1.29, 1.82) is 0 Å². The lowest BCUT2D eigenvalue weighted by Crippen LogP contribution is -2.56. The van der Waals surface area contributed by atoms with Crippen molar-refractivity contribution < 1.29 is 29.2 Å². The van der Waals surface area contributed by atoms with E-state index in [0.29, 0.717) is 71.9 Å². The molecule has 0 aromatic rings. The minimum Gasteiger partial charge on any atom is -0.388 e. The van der Waals surface area contributed by atoms with E-state index in [4.69, 9.17) is 14.2 Å². The Hall–Kier alpha value is -0.730. The van der Waals surface area contributed by atoms with Crippen molar-refractivity contribution in [2.24, 2.45) is 51.2 Å². The second kappa shape index (κ2) is 13.0. The first kappa shape index (κ1) is 35.7.